The Morgan fingerprint density at radius 2 is 1.63 bits per heavy atom. The van der Waals surface area contributed by atoms with Crippen molar-refractivity contribution in [2.24, 2.45) is 0 Å². The zero-order chi connectivity index (χ0) is 33.6. The normalized spacial score (nSPS) is 15.6. The number of anilines is 1. The van der Waals surface area contributed by atoms with E-state index in [2.05, 4.69) is 12.2 Å². The van der Waals surface area contributed by atoms with Crippen LogP contribution < -0.4 is 14.8 Å². The number of ether oxygens (including phenoxy) is 4. The van der Waals surface area contributed by atoms with Crippen molar-refractivity contribution in [3.63, 3.8) is 0 Å². The van der Waals surface area contributed by atoms with E-state index in [9.17, 15) is 24.0 Å². The summed E-state index contributed by atoms with van der Waals surface area (Å²) in [6.45, 7) is 5.84. The number of benzene rings is 2. The molecule has 0 saturated carbocycles. The predicted molar refractivity (Wildman–Crippen MR) is 172 cm³/mol. The van der Waals surface area contributed by atoms with Crippen molar-refractivity contribution in [3.8, 4) is 11.5 Å². The number of nitrogens with one attached hydrogen (secondary N) is 1. The number of Topliss-reactive ketones (excluding diaryl/α,β-unsaturated/α-hetero) is 1. The molecule has 11 nitrogen and oxygen atoms in total. The number of carbonyl (C=O) groups is 5. The number of rotatable bonds is 19. The molecule has 3 unspecified atom stereocenters. The average Bonchev–Trinajstić information content (AvgIpc) is 3.32. The Hall–Kier alpha value is -4.12. The quantitative estimate of drug-likeness (QED) is 0.0752. The van der Waals surface area contributed by atoms with Crippen LogP contribution in [0.4, 0.5) is 10.5 Å². The van der Waals surface area contributed by atoms with E-state index in [1.165, 1.54) is 62.9 Å². The first-order valence-electron chi connectivity index (χ1n) is 15.8. The highest BCUT2D eigenvalue weighted by Crippen LogP contribution is 2.31. The fraction of sp³-hybridized carbons (Fsp3) is 0.500. The third-order valence-corrected chi connectivity index (χ3v) is 7.71. The summed E-state index contributed by atoms with van der Waals surface area (Å²) in [6.07, 6.45) is 4.60. The Morgan fingerprint density at radius 3 is 2.30 bits per heavy atom. The molecule has 1 heterocycles. The molecule has 1 N–H and O–H groups in total. The van der Waals surface area contributed by atoms with Crippen molar-refractivity contribution in [1.82, 2.24) is 4.90 Å². The van der Waals surface area contributed by atoms with Crippen LogP contribution in [0.25, 0.3) is 0 Å². The molecule has 0 spiro atoms. The number of unbranched alkanes of at least 4 members (excludes halogenated alkanes) is 6. The molecule has 2 aromatic rings. The molecule has 1 aliphatic heterocycles. The Balaban J connectivity index is 1.81. The lowest BCUT2D eigenvalue weighted by Crippen LogP contribution is -2.52. The zero-order valence-electron chi connectivity index (χ0n) is 26.8. The van der Waals surface area contributed by atoms with Gasteiger partial charge in [-0.3, -0.25) is 14.4 Å². The molecule has 250 valence electrons. The Kier molecular flexibility index (Phi) is 14.3. The van der Waals surface area contributed by atoms with Crippen LogP contribution in [0.1, 0.15) is 88.9 Å². The van der Waals surface area contributed by atoms with Gasteiger partial charge >= 0.3 is 12.1 Å². The minimum atomic E-state index is -1.91. The molecule has 1 aliphatic rings. The molecule has 1 saturated heterocycles. The second kappa shape index (κ2) is 18.1. The SMILES string of the molecule is CCCCCCCCOC(=O)C(C)Oc1ccc(Cl)cc1NC(=O)C(C(=O)c1ccc(OC)cc1)N1C(=O)OC(CCCC)C1=O. The number of hydrogen-bond donors (Lipinski definition) is 1. The zero-order valence-corrected chi connectivity index (χ0v) is 27.6. The third-order valence-electron chi connectivity index (χ3n) is 7.48. The lowest BCUT2D eigenvalue weighted by Gasteiger charge is -2.24. The lowest BCUT2D eigenvalue weighted by molar-refractivity contribution is -0.151. The van der Waals surface area contributed by atoms with Crippen LogP contribution in [-0.4, -0.2) is 66.5 Å². The van der Waals surface area contributed by atoms with Crippen molar-refractivity contribution >= 4 is 46.9 Å². The van der Waals surface area contributed by atoms with Crippen molar-refractivity contribution in [1.29, 1.82) is 0 Å². The van der Waals surface area contributed by atoms with Crippen LogP contribution in [0.3, 0.4) is 0 Å². The summed E-state index contributed by atoms with van der Waals surface area (Å²) < 4.78 is 21.6. The van der Waals surface area contributed by atoms with Gasteiger partial charge in [0.25, 0.3) is 11.8 Å². The number of amides is 3. The van der Waals surface area contributed by atoms with Gasteiger partial charge in [0.05, 0.1) is 19.4 Å². The summed E-state index contributed by atoms with van der Waals surface area (Å²) in [5.74, 6) is -2.67. The molecular weight excluding hydrogens is 616 g/mol. The third kappa shape index (κ3) is 9.94. The average molecular weight is 659 g/mol. The van der Waals surface area contributed by atoms with Gasteiger partial charge in [0, 0.05) is 10.6 Å². The largest absolute Gasteiger partial charge is 0.497 e. The van der Waals surface area contributed by atoms with Crippen LogP contribution >= 0.6 is 11.6 Å². The van der Waals surface area contributed by atoms with Crippen LogP contribution in [0.2, 0.25) is 5.02 Å². The molecule has 2 aromatic carbocycles. The van der Waals surface area contributed by atoms with Gasteiger partial charge in [-0.15, -0.1) is 0 Å². The van der Waals surface area contributed by atoms with Gasteiger partial charge in [0.15, 0.2) is 24.0 Å². The highest BCUT2D eigenvalue weighted by molar-refractivity contribution is 6.31. The van der Waals surface area contributed by atoms with E-state index in [0.717, 1.165) is 38.5 Å². The summed E-state index contributed by atoms with van der Waals surface area (Å²) >= 11 is 6.22. The molecule has 46 heavy (non-hydrogen) atoms. The van der Waals surface area contributed by atoms with E-state index in [-0.39, 0.29) is 35.1 Å². The molecule has 3 amide bonds. The maximum Gasteiger partial charge on any atom is 0.418 e. The Morgan fingerprint density at radius 1 is 0.957 bits per heavy atom. The van der Waals surface area contributed by atoms with Gasteiger partial charge in [-0.2, -0.15) is 0 Å². The van der Waals surface area contributed by atoms with E-state index < -0.39 is 47.9 Å². The molecule has 3 atom stereocenters. The van der Waals surface area contributed by atoms with Gasteiger partial charge in [-0.1, -0.05) is 64.0 Å². The molecule has 3 rings (SSSR count). The number of halogens is 1. The molecule has 1 fully saturated rings. The van der Waals surface area contributed by atoms with E-state index >= 15 is 0 Å². The first kappa shape index (κ1) is 36.3. The van der Waals surface area contributed by atoms with E-state index in [1.54, 1.807) is 0 Å². The summed E-state index contributed by atoms with van der Waals surface area (Å²) in [4.78, 5) is 67.0. The maximum absolute atomic E-state index is 13.9. The van der Waals surface area contributed by atoms with Crippen molar-refractivity contribution in [3.05, 3.63) is 53.1 Å². The summed E-state index contributed by atoms with van der Waals surface area (Å²) in [6, 6.07) is 8.30. The topological polar surface area (TPSA) is 138 Å². The second-order valence-electron chi connectivity index (χ2n) is 11.0. The number of methoxy groups -OCH3 is 1. The van der Waals surface area contributed by atoms with Crippen LogP contribution in [0.5, 0.6) is 11.5 Å². The second-order valence-corrected chi connectivity index (χ2v) is 11.5. The summed E-state index contributed by atoms with van der Waals surface area (Å²) in [5.41, 5.74) is 0.0750. The smallest absolute Gasteiger partial charge is 0.418 e. The predicted octanol–water partition coefficient (Wildman–Crippen LogP) is 6.75. The fourth-order valence-corrected chi connectivity index (χ4v) is 5.03. The highest BCUT2D eigenvalue weighted by Gasteiger charge is 2.49. The number of imide groups is 1. The minimum Gasteiger partial charge on any atom is -0.497 e. The Bertz CT molecular complexity index is 1360. The van der Waals surface area contributed by atoms with Gasteiger partial charge in [-0.05, 0) is 68.7 Å². The monoisotopic (exact) mass is 658 g/mol. The standard InChI is InChI=1S/C34H43ClN2O9/c1-5-7-9-10-11-12-20-44-33(41)22(3)45-27-19-16-24(35)21-26(27)36-31(39)29(30(38)23-14-17-25(43-4)18-15-23)37-32(40)28(13-8-6-2)46-34(37)42/h14-19,21-22,28-29H,5-13,20H2,1-4H3,(H,36,39). The van der Waals surface area contributed by atoms with E-state index in [4.69, 9.17) is 30.5 Å². The maximum atomic E-state index is 13.9. The van der Waals surface area contributed by atoms with Crippen molar-refractivity contribution in [2.75, 3.05) is 19.0 Å². The summed E-state index contributed by atoms with van der Waals surface area (Å²) in [5, 5.41) is 2.79. The number of esters is 1. The van der Waals surface area contributed by atoms with Crippen LogP contribution in [0.15, 0.2) is 42.5 Å². The molecule has 12 heteroatoms. The fourth-order valence-electron chi connectivity index (χ4n) is 4.86. The lowest BCUT2D eigenvalue weighted by atomic mass is 10.0. The minimum absolute atomic E-state index is 0.0168. The van der Waals surface area contributed by atoms with Crippen molar-refractivity contribution < 1.29 is 42.9 Å². The first-order valence-corrected chi connectivity index (χ1v) is 16.1. The van der Waals surface area contributed by atoms with Gasteiger partial charge in [0.1, 0.15) is 11.5 Å². The van der Waals surface area contributed by atoms with E-state index in [1.807, 2.05) is 6.92 Å². The summed E-state index contributed by atoms with van der Waals surface area (Å²) in [7, 11) is 1.46. The molecule has 0 aliphatic carbocycles. The van der Waals surface area contributed by atoms with E-state index in [0.29, 0.717) is 17.1 Å². The van der Waals surface area contributed by atoms with Crippen LogP contribution in [0, 0.1) is 0 Å². The number of cyclic esters (lactones) is 1. The molecule has 0 aromatic heterocycles. The number of nitrogens with zero attached hydrogens (tertiary/aromatic N) is 1. The Labute approximate surface area is 274 Å². The van der Waals surface area contributed by atoms with Gasteiger partial charge < -0.3 is 24.3 Å². The number of hydrogen-bond acceptors (Lipinski definition) is 9. The van der Waals surface area contributed by atoms with Crippen LogP contribution in [-0.2, 0) is 23.9 Å². The van der Waals surface area contributed by atoms with Gasteiger partial charge in [-0.25, -0.2) is 14.5 Å². The van der Waals surface area contributed by atoms with Crippen molar-refractivity contribution in [2.45, 2.75) is 96.8 Å². The molecular formula is C34H43ClN2O9. The first-order chi connectivity index (χ1) is 22.1. The molecule has 0 bridgehead atoms. The van der Waals surface area contributed by atoms with Gasteiger partial charge in [0.2, 0.25) is 0 Å². The number of ketones is 1. The molecule has 0 radical (unpaired) electrons. The highest BCUT2D eigenvalue weighted by atomic mass is 35.5. The number of carbonyl (C=O) groups excluding carboxylic acids is 5.